The van der Waals surface area contributed by atoms with E-state index in [0.29, 0.717) is 13.2 Å². The van der Waals surface area contributed by atoms with Crippen molar-refractivity contribution in [1.82, 2.24) is 0 Å². The Hall–Kier alpha value is -1.30. The molecule has 0 unspecified atom stereocenters. The first kappa shape index (κ1) is 16.1. The Morgan fingerprint density at radius 3 is 2.76 bits per heavy atom. The summed E-state index contributed by atoms with van der Waals surface area (Å²) >= 11 is 0. The minimum Gasteiger partial charge on any atom is -0.374 e. The van der Waals surface area contributed by atoms with E-state index >= 15 is 0 Å². The van der Waals surface area contributed by atoms with E-state index in [9.17, 15) is 0 Å². The highest BCUT2D eigenvalue weighted by Crippen LogP contribution is 2.35. The summed E-state index contributed by atoms with van der Waals surface area (Å²) in [5, 5.41) is 0. The van der Waals surface area contributed by atoms with Gasteiger partial charge in [-0.05, 0) is 18.9 Å². The zero-order chi connectivity index (χ0) is 15.0. The van der Waals surface area contributed by atoms with E-state index in [2.05, 4.69) is 37.8 Å². The molecule has 1 heterocycles. The molecule has 1 aromatic rings. The van der Waals surface area contributed by atoms with E-state index in [4.69, 9.17) is 9.47 Å². The summed E-state index contributed by atoms with van der Waals surface area (Å²) in [6, 6.07) is 10.2. The van der Waals surface area contributed by atoms with Crippen LogP contribution in [0.3, 0.4) is 0 Å². The Morgan fingerprint density at radius 1 is 1.19 bits per heavy atom. The van der Waals surface area contributed by atoms with Gasteiger partial charge in [-0.3, -0.25) is 0 Å². The Morgan fingerprint density at radius 2 is 2.00 bits per heavy atom. The summed E-state index contributed by atoms with van der Waals surface area (Å²) in [7, 11) is 0. The van der Waals surface area contributed by atoms with Crippen LogP contribution in [-0.2, 0) is 16.1 Å². The number of unbranched alkanes of at least 4 members (excludes halogenated alkanes) is 4. The van der Waals surface area contributed by atoms with Crippen LogP contribution in [0.15, 0.2) is 30.3 Å². The SMILES string of the molecule is CCCCCCC#C[C@@]1(C)O[C@@H]1COCc1ccccc1. The highest BCUT2D eigenvalue weighted by molar-refractivity contribution is 5.23. The molecule has 1 saturated heterocycles. The second-order valence-corrected chi connectivity index (χ2v) is 5.83. The lowest BCUT2D eigenvalue weighted by Crippen LogP contribution is -2.12. The second kappa shape index (κ2) is 8.22. The molecule has 0 bridgehead atoms. The molecular weight excluding hydrogens is 260 g/mol. The average molecular weight is 286 g/mol. The standard InChI is InChI=1S/C19H26O2/c1-3-4-5-6-7-11-14-19(2)18(21-19)16-20-15-17-12-9-8-10-13-17/h8-10,12-13,18H,3-7,15-16H2,1-2H3/t18-,19-/m1/s1. The fourth-order valence-electron chi connectivity index (χ4n) is 2.30. The normalized spacial score (nSPS) is 23.4. The Kier molecular flexibility index (Phi) is 6.29. The largest absolute Gasteiger partial charge is 0.374 e. The molecule has 2 nitrogen and oxygen atoms in total. The lowest BCUT2D eigenvalue weighted by molar-refractivity contribution is 0.104. The number of benzene rings is 1. The summed E-state index contributed by atoms with van der Waals surface area (Å²) in [5.41, 5.74) is 0.920. The Bertz CT molecular complexity index is 471. The van der Waals surface area contributed by atoms with Crippen molar-refractivity contribution in [1.29, 1.82) is 0 Å². The van der Waals surface area contributed by atoms with Gasteiger partial charge in [-0.2, -0.15) is 0 Å². The van der Waals surface area contributed by atoms with Gasteiger partial charge in [0, 0.05) is 6.42 Å². The van der Waals surface area contributed by atoms with Crippen LogP contribution in [0.2, 0.25) is 0 Å². The van der Waals surface area contributed by atoms with Crippen molar-refractivity contribution in [2.75, 3.05) is 6.61 Å². The highest BCUT2D eigenvalue weighted by Gasteiger charge is 2.51. The van der Waals surface area contributed by atoms with Gasteiger partial charge in [-0.25, -0.2) is 0 Å². The van der Waals surface area contributed by atoms with E-state index in [1.807, 2.05) is 18.2 Å². The zero-order valence-electron chi connectivity index (χ0n) is 13.2. The molecule has 2 atom stereocenters. The fourth-order valence-corrected chi connectivity index (χ4v) is 2.30. The van der Waals surface area contributed by atoms with E-state index in [1.54, 1.807) is 0 Å². The molecule has 0 aromatic heterocycles. The number of ether oxygens (including phenoxy) is 2. The molecule has 1 aliphatic rings. The molecule has 0 amide bonds. The third-order valence-electron chi connectivity index (χ3n) is 3.82. The minimum absolute atomic E-state index is 0.129. The van der Waals surface area contributed by atoms with E-state index in [-0.39, 0.29) is 11.7 Å². The Labute approximate surface area is 128 Å². The quantitative estimate of drug-likeness (QED) is 0.403. The molecule has 2 rings (SSSR count). The van der Waals surface area contributed by atoms with Crippen LogP contribution in [0.5, 0.6) is 0 Å². The molecule has 21 heavy (non-hydrogen) atoms. The van der Waals surface area contributed by atoms with Crippen molar-refractivity contribution in [2.24, 2.45) is 0 Å². The monoisotopic (exact) mass is 286 g/mol. The van der Waals surface area contributed by atoms with E-state index < -0.39 is 0 Å². The Balaban J connectivity index is 1.61. The molecule has 114 valence electrons. The summed E-state index contributed by atoms with van der Waals surface area (Å²) in [5.74, 6) is 6.51. The third-order valence-corrected chi connectivity index (χ3v) is 3.82. The van der Waals surface area contributed by atoms with Gasteiger partial charge in [-0.1, -0.05) is 62.4 Å². The molecule has 2 heteroatoms. The summed E-state index contributed by atoms with van der Waals surface area (Å²) in [6.07, 6.45) is 6.18. The summed E-state index contributed by atoms with van der Waals surface area (Å²) in [4.78, 5) is 0. The van der Waals surface area contributed by atoms with Gasteiger partial charge >= 0.3 is 0 Å². The molecule has 0 saturated carbocycles. The van der Waals surface area contributed by atoms with Crippen LogP contribution in [0.25, 0.3) is 0 Å². The first-order chi connectivity index (χ1) is 10.2. The predicted molar refractivity (Wildman–Crippen MR) is 85.9 cm³/mol. The number of rotatable bonds is 8. The van der Waals surface area contributed by atoms with Crippen LogP contribution >= 0.6 is 0 Å². The molecule has 0 N–H and O–H groups in total. The molecule has 1 aromatic carbocycles. The molecule has 0 spiro atoms. The second-order valence-electron chi connectivity index (χ2n) is 5.83. The van der Waals surface area contributed by atoms with Gasteiger partial charge < -0.3 is 9.47 Å². The van der Waals surface area contributed by atoms with Crippen molar-refractivity contribution in [3.8, 4) is 11.8 Å². The number of hydrogen-bond acceptors (Lipinski definition) is 2. The fraction of sp³-hybridized carbons (Fsp3) is 0.579. The van der Waals surface area contributed by atoms with Crippen molar-refractivity contribution < 1.29 is 9.47 Å². The van der Waals surface area contributed by atoms with Gasteiger partial charge in [0.2, 0.25) is 0 Å². The van der Waals surface area contributed by atoms with Gasteiger partial charge in [0.25, 0.3) is 0 Å². The third kappa shape index (κ3) is 5.53. The number of epoxide rings is 1. The zero-order valence-corrected chi connectivity index (χ0v) is 13.2. The van der Waals surface area contributed by atoms with Gasteiger partial charge in [0.1, 0.15) is 6.10 Å². The van der Waals surface area contributed by atoms with Crippen molar-refractivity contribution >= 4 is 0 Å². The molecule has 1 fully saturated rings. The van der Waals surface area contributed by atoms with Crippen molar-refractivity contribution in [2.45, 2.75) is 64.3 Å². The molecule has 1 aliphatic heterocycles. The maximum Gasteiger partial charge on any atom is 0.154 e. The smallest absolute Gasteiger partial charge is 0.154 e. The van der Waals surface area contributed by atoms with Gasteiger partial charge in [0.05, 0.1) is 13.2 Å². The van der Waals surface area contributed by atoms with Crippen LogP contribution in [-0.4, -0.2) is 18.3 Å². The van der Waals surface area contributed by atoms with E-state index in [1.165, 1.54) is 31.2 Å². The van der Waals surface area contributed by atoms with E-state index in [0.717, 1.165) is 6.42 Å². The lowest BCUT2D eigenvalue weighted by Gasteiger charge is -2.02. The van der Waals surface area contributed by atoms with Crippen molar-refractivity contribution in [3.63, 3.8) is 0 Å². The van der Waals surface area contributed by atoms with Crippen LogP contribution in [0.4, 0.5) is 0 Å². The number of hydrogen-bond donors (Lipinski definition) is 0. The summed E-state index contributed by atoms with van der Waals surface area (Å²) < 4.78 is 11.4. The molecule has 0 aliphatic carbocycles. The van der Waals surface area contributed by atoms with Crippen molar-refractivity contribution in [3.05, 3.63) is 35.9 Å². The first-order valence-electron chi connectivity index (χ1n) is 8.04. The predicted octanol–water partition coefficient (Wildman–Crippen LogP) is 4.33. The average Bonchev–Trinajstić information content (AvgIpc) is 3.14. The minimum atomic E-state index is -0.276. The topological polar surface area (TPSA) is 21.8 Å². The van der Waals surface area contributed by atoms with Crippen LogP contribution in [0, 0.1) is 11.8 Å². The maximum absolute atomic E-state index is 5.71. The van der Waals surface area contributed by atoms with Crippen LogP contribution < -0.4 is 0 Å². The summed E-state index contributed by atoms with van der Waals surface area (Å²) in [6.45, 7) is 5.55. The molecule has 0 radical (unpaired) electrons. The van der Waals surface area contributed by atoms with Gasteiger partial charge in [-0.15, -0.1) is 5.92 Å². The maximum atomic E-state index is 5.71. The van der Waals surface area contributed by atoms with Gasteiger partial charge in [0.15, 0.2) is 5.60 Å². The molecular formula is C19H26O2. The lowest BCUT2D eigenvalue weighted by atomic mass is 10.1. The van der Waals surface area contributed by atoms with Crippen LogP contribution in [0.1, 0.15) is 51.5 Å². The highest BCUT2D eigenvalue weighted by atomic mass is 16.6. The first-order valence-corrected chi connectivity index (χ1v) is 8.04.